The lowest BCUT2D eigenvalue weighted by Gasteiger charge is -2.24. The molecular formula is C31H60. The lowest BCUT2D eigenvalue weighted by atomic mass is 9.82. The van der Waals surface area contributed by atoms with Crippen molar-refractivity contribution in [2.45, 2.75) is 139 Å². The molecule has 31 heavy (non-hydrogen) atoms. The van der Waals surface area contributed by atoms with Crippen LogP contribution in [0.3, 0.4) is 0 Å². The van der Waals surface area contributed by atoms with Gasteiger partial charge in [-0.15, -0.1) is 0 Å². The highest BCUT2D eigenvalue weighted by Gasteiger charge is 2.16. The fourth-order valence-electron chi connectivity index (χ4n) is 4.44. The molecule has 0 heteroatoms. The Hall–Kier alpha value is -0.780. The quantitative estimate of drug-likeness (QED) is 0.445. The van der Waals surface area contributed by atoms with Crippen LogP contribution in [0, 0.1) is 23.7 Å². The fourth-order valence-corrected chi connectivity index (χ4v) is 4.44. The van der Waals surface area contributed by atoms with Gasteiger partial charge in [0.2, 0.25) is 0 Å². The second kappa shape index (κ2) is 22.4. The van der Waals surface area contributed by atoms with Crippen LogP contribution in [-0.2, 0) is 0 Å². The normalized spacial score (nSPS) is 16.7. The van der Waals surface area contributed by atoms with Gasteiger partial charge in [0, 0.05) is 0 Å². The molecule has 0 heterocycles. The first kappa shape index (κ1) is 32.4. The van der Waals surface area contributed by atoms with Gasteiger partial charge in [0.05, 0.1) is 0 Å². The van der Waals surface area contributed by atoms with Crippen LogP contribution in [-0.4, -0.2) is 0 Å². The van der Waals surface area contributed by atoms with E-state index >= 15 is 0 Å². The van der Waals surface area contributed by atoms with E-state index in [0.29, 0.717) is 5.92 Å². The Kier molecular flexibility index (Phi) is 23.4. The molecule has 3 rings (SSSR count). The zero-order valence-electron chi connectivity index (χ0n) is 23.3. The smallest absolute Gasteiger partial charge is 0.0219 e. The van der Waals surface area contributed by atoms with Gasteiger partial charge in [0.25, 0.3) is 0 Å². The summed E-state index contributed by atoms with van der Waals surface area (Å²) in [6, 6.07) is 10.5. The summed E-state index contributed by atoms with van der Waals surface area (Å²) in [5.74, 6) is 4.64. The maximum Gasteiger partial charge on any atom is -0.0219 e. The molecule has 0 bridgehead atoms. The first-order valence-electron chi connectivity index (χ1n) is 14.0. The van der Waals surface area contributed by atoms with Gasteiger partial charge in [-0.1, -0.05) is 164 Å². The van der Waals surface area contributed by atoms with E-state index < -0.39 is 0 Å². The third kappa shape index (κ3) is 17.5. The van der Waals surface area contributed by atoms with Gasteiger partial charge in [0.15, 0.2) is 0 Å². The number of hydrogen-bond acceptors (Lipinski definition) is 0. The molecule has 2 fully saturated rings. The molecule has 0 spiro atoms. The van der Waals surface area contributed by atoms with Crippen molar-refractivity contribution in [3.63, 3.8) is 0 Å². The summed E-state index contributed by atoms with van der Waals surface area (Å²) in [7, 11) is 0. The third-order valence-electron chi connectivity index (χ3n) is 6.65. The SMILES string of the molecule is CC.CC.CC(C)C1CCCCC1.CC(C)C1CCCCC1.CC(C)c1ccccc1. The lowest BCUT2D eigenvalue weighted by molar-refractivity contribution is 0.279. The largest absolute Gasteiger partial charge is 0.0683 e. The molecule has 0 atom stereocenters. The lowest BCUT2D eigenvalue weighted by Crippen LogP contribution is -2.12. The summed E-state index contributed by atoms with van der Waals surface area (Å²) in [6.45, 7) is 21.8. The minimum absolute atomic E-state index is 0.659. The molecule has 0 N–H and O–H groups in total. The first-order chi connectivity index (χ1) is 14.9. The summed E-state index contributed by atoms with van der Waals surface area (Å²) in [5, 5.41) is 0. The number of rotatable bonds is 3. The van der Waals surface area contributed by atoms with Gasteiger partial charge < -0.3 is 0 Å². The van der Waals surface area contributed by atoms with Gasteiger partial charge in [-0.3, -0.25) is 0 Å². The molecule has 2 aliphatic rings. The van der Waals surface area contributed by atoms with E-state index in [9.17, 15) is 0 Å². The second-order valence-electron chi connectivity index (χ2n) is 9.85. The molecule has 2 saturated carbocycles. The van der Waals surface area contributed by atoms with Crippen LogP contribution in [0.2, 0.25) is 0 Å². The maximum atomic E-state index is 2.36. The van der Waals surface area contributed by atoms with Crippen molar-refractivity contribution in [3.8, 4) is 0 Å². The van der Waals surface area contributed by atoms with Crippen LogP contribution >= 0.6 is 0 Å². The van der Waals surface area contributed by atoms with Crippen molar-refractivity contribution >= 4 is 0 Å². The van der Waals surface area contributed by atoms with Crippen LogP contribution < -0.4 is 0 Å². The summed E-state index contributed by atoms with van der Waals surface area (Å²) in [6.07, 6.45) is 14.9. The predicted molar refractivity (Wildman–Crippen MR) is 146 cm³/mol. The van der Waals surface area contributed by atoms with E-state index in [-0.39, 0.29) is 0 Å². The highest BCUT2D eigenvalue weighted by atomic mass is 14.2. The van der Waals surface area contributed by atoms with Crippen molar-refractivity contribution in [1.29, 1.82) is 0 Å². The summed E-state index contributed by atoms with van der Waals surface area (Å²) in [5.41, 5.74) is 1.41. The van der Waals surface area contributed by atoms with Gasteiger partial charge in [-0.2, -0.15) is 0 Å². The topological polar surface area (TPSA) is 0 Å². The molecule has 0 aliphatic heterocycles. The molecule has 0 unspecified atom stereocenters. The minimum atomic E-state index is 0.659. The number of benzene rings is 1. The summed E-state index contributed by atoms with van der Waals surface area (Å²) >= 11 is 0. The molecule has 0 nitrogen and oxygen atoms in total. The third-order valence-corrected chi connectivity index (χ3v) is 6.65. The standard InChI is InChI=1S/2C9H18.C9H12.2C2H6/c3*1-8(2)9-6-4-3-5-7-9;2*1-2/h2*8-9H,3-7H2,1-2H3;3-8H,1-2H3;2*1-2H3. The first-order valence-corrected chi connectivity index (χ1v) is 14.0. The summed E-state index contributed by atoms with van der Waals surface area (Å²) in [4.78, 5) is 0. The van der Waals surface area contributed by atoms with Gasteiger partial charge in [-0.25, -0.2) is 0 Å². The van der Waals surface area contributed by atoms with E-state index in [0.717, 1.165) is 23.7 Å². The average molecular weight is 433 g/mol. The van der Waals surface area contributed by atoms with Crippen LogP contribution in [0.25, 0.3) is 0 Å². The van der Waals surface area contributed by atoms with Gasteiger partial charge >= 0.3 is 0 Å². The molecule has 0 saturated heterocycles. The van der Waals surface area contributed by atoms with Crippen molar-refractivity contribution in [2.24, 2.45) is 23.7 Å². The molecule has 1 aromatic rings. The second-order valence-corrected chi connectivity index (χ2v) is 9.85. The molecule has 1 aromatic carbocycles. The van der Waals surface area contributed by atoms with Crippen LogP contribution in [0.1, 0.15) is 145 Å². The Bertz CT molecular complexity index is 408. The molecule has 0 amide bonds. The van der Waals surface area contributed by atoms with E-state index in [1.54, 1.807) is 0 Å². The zero-order chi connectivity index (χ0) is 24.1. The van der Waals surface area contributed by atoms with Crippen molar-refractivity contribution in [2.75, 3.05) is 0 Å². The fraction of sp³-hybridized carbons (Fsp3) is 0.806. The summed E-state index contributed by atoms with van der Waals surface area (Å²) < 4.78 is 0. The maximum absolute atomic E-state index is 2.36. The van der Waals surface area contributed by atoms with Crippen LogP contribution in [0.5, 0.6) is 0 Å². The molecule has 2 aliphatic carbocycles. The molecule has 0 radical (unpaired) electrons. The van der Waals surface area contributed by atoms with Gasteiger partial charge in [-0.05, 0) is 35.2 Å². The van der Waals surface area contributed by atoms with E-state index in [2.05, 4.69) is 65.8 Å². The zero-order valence-corrected chi connectivity index (χ0v) is 23.3. The Morgan fingerprint density at radius 1 is 0.516 bits per heavy atom. The van der Waals surface area contributed by atoms with Gasteiger partial charge in [0.1, 0.15) is 0 Å². The Labute approximate surface area is 199 Å². The highest BCUT2D eigenvalue weighted by molar-refractivity contribution is 5.17. The van der Waals surface area contributed by atoms with Crippen molar-refractivity contribution < 1.29 is 0 Å². The van der Waals surface area contributed by atoms with Crippen molar-refractivity contribution in [3.05, 3.63) is 35.9 Å². The van der Waals surface area contributed by atoms with Crippen molar-refractivity contribution in [1.82, 2.24) is 0 Å². The Morgan fingerprint density at radius 2 is 0.839 bits per heavy atom. The van der Waals surface area contributed by atoms with E-state index in [1.165, 1.54) is 69.8 Å². The Morgan fingerprint density at radius 3 is 1.03 bits per heavy atom. The average Bonchev–Trinajstić information content (AvgIpc) is 2.84. The monoisotopic (exact) mass is 432 g/mol. The van der Waals surface area contributed by atoms with E-state index in [1.807, 2.05) is 33.8 Å². The highest BCUT2D eigenvalue weighted by Crippen LogP contribution is 2.29. The van der Waals surface area contributed by atoms with Crippen LogP contribution in [0.15, 0.2) is 30.3 Å². The van der Waals surface area contributed by atoms with Crippen LogP contribution in [0.4, 0.5) is 0 Å². The Balaban J connectivity index is 0. The number of hydrogen-bond donors (Lipinski definition) is 0. The predicted octanol–water partition coefficient (Wildman–Crippen LogP) is 11.3. The van der Waals surface area contributed by atoms with E-state index in [4.69, 9.17) is 0 Å². The molecule has 184 valence electrons. The molecular weight excluding hydrogens is 372 g/mol. The molecule has 0 aromatic heterocycles. The minimum Gasteiger partial charge on any atom is -0.0683 e.